The molecule has 35 heavy (non-hydrogen) atoms. The Balaban J connectivity index is 1.31. The van der Waals surface area contributed by atoms with E-state index >= 15 is 0 Å². The predicted molar refractivity (Wildman–Crippen MR) is 134 cm³/mol. The summed E-state index contributed by atoms with van der Waals surface area (Å²) in [5, 5.41) is 7.54. The Bertz CT molecular complexity index is 1360. The van der Waals surface area contributed by atoms with Crippen molar-refractivity contribution in [3.63, 3.8) is 0 Å². The summed E-state index contributed by atoms with van der Waals surface area (Å²) in [6.07, 6.45) is 0.778. The highest BCUT2D eigenvalue weighted by Gasteiger charge is 2.24. The zero-order chi connectivity index (χ0) is 24.4. The van der Waals surface area contributed by atoms with Crippen LogP contribution in [0.1, 0.15) is 21.5 Å². The summed E-state index contributed by atoms with van der Waals surface area (Å²) in [7, 11) is 4.90. The number of nitrogens with one attached hydrogen (secondary N) is 1. The van der Waals surface area contributed by atoms with Crippen LogP contribution in [0.15, 0.2) is 66.7 Å². The van der Waals surface area contributed by atoms with E-state index in [4.69, 9.17) is 14.2 Å². The van der Waals surface area contributed by atoms with Crippen LogP contribution in [0.2, 0.25) is 0 Å². The van der Waals surface area contributed by atoms with Crippen LogP contribution < -0.4 is 14.2 Å². The smallest absolute Gasteiger partial charge is 0.254 e. The number of carbonyl (C=O) groups excluding carboxylic acids is 1. The van der Waals surface area contributed by atoms with Crippen molar-refractivity contribution in [1.29, 1.82) is 0 Å². The molecule has 7 nitrogen and oxygen atoms in total. The van der Waals surface area contributed by atoms with Gasteiger partial charge in [-0.2, -0.15) is 5.10 Å². The van der Waals surface area contributed by atoms with Crippen molar-refractivity contribution in [2.45, 2.75) is 13.0 Å². The first-order valence-electron chi connectivity index (χ1n) is 11.4. The molecule has 1 N–H and O–H groups in total. The zero-order valence-electron chi connectivity index (χ0n) is 20.0. The van der Waals surface area contributed by atoms with Crippen LogP contribution in [0.3, 0.4) is 0 Å². The van der Waals surface area contributed by atoms with Crippen LogP contribution >= 0.6 is 0 Å². The first-order chi connectivity index (χ1) is 17.1. The third-order valence-corrected chi connectivity index (χ3v) is 6.39. The molecule has 0 unspecified atom stereocenters. The van der Waals surface area contributed by atoms with Gasteiger partial charge in [0.05, 0.1) is 32.7 Å². The van der Waals surface area contributed by atoms with Crippen molar-refractivity contribution in [2.24, 2.45) is 0 Å². The largest absolute Gasteiger partial charge is 0.497 e. The van der Waals surface area contributed by atoms with E-state index in [-0.39, 0.29) is 5.91 Å². The molecule has 0 aliphatic carbocycles. The molecule has 0 fully saturated rings. The average Bonchev–Trinajstić information content (AvgIpc) is 3.42. The number of hydrogen-bond acceptors (Lipinski definition) is 5. The lowest BCUT2D eigenvalue weighted by Gasteiger charge is -2.29. The molecule has 1 aliphatic heterocycles. The topological polar surface area (TPSA) is 76.7 Å². The zero-order valence-corrected chi connectivity index (χ0v) is 20.0. The molecule has 3 aromatic carbocycles. The number of carbonyl (C=O) groups is 1. The van der Waals surface area contributed by atoms with E-state index in [0.717, 1.165) is 46.0 Å². The minimum absolute atomic E-state index is 0.0127. The van der Waals surface area contributed by atoms with E-state index in [1.807, 2.05) is 71.6 Å². The monoisotopic (exact) mass is 469 g/mol. The summed E-state index contributed by atoms with van der Waals surface area (Å²) in [5.41, 5.74) is 6.58. The minimum Gasteiger partial charge on any atom is -0.497 e. The van der Waals surface area contributed by atoms with Gasteiger partial charge in [-0.25, -0.2) is 0 Å². The number of aromatic amines is 1. The second kappa shape index (κ2) is 9.54. The van der Waals surface area contributed by atoms with E-state index in [0.29, 0.717) is 24.4 Å². The Hall–Kier alpha value is -4.26. The second-order valence-corrected chi connectivity index (χ2v) is 8.43. The van der Waals surface area contributed by atoms with Gasteiger partial charge in [-0.05, 0) is 65.6 Å². The maximum absolute atomic E-state index is 13.2. The van der Waals surface area contributed by atoms with Crippen molar-refractivity contribution in [2.75, 3.05) is 27.9 Å². The number of H-pyrrole nitrogens is 1. The van der Waals surface area contributed by atoms with Gasteiger partial charge < -0.3 is 19.1 Å². The van der Waals surface area contributed by atoms with Crippen molar-refractivity contribution in [1.82, 2.24) is 15.1 Å². The maximum Gasteiger partial charge on any atom is 0.254 e. The van der Waals surface area contributed by atoms with Gasteiger partial charge in [0.2, 0.25) is 0 Å². The van der Waals surface area contributed by atoms with Gasteiger partial charge in [0.15, 0.2) is 11.5 Å². The van der Waals surface area contributed by atoms with Crippen LogP contribution in [-0.4, -0.2) is 48.9 Å². The number of fused-ring (bicyclic) bond motifs is 1. The van der Waals surface area contributed by atoms with Gasteiger partial charge in [0.1, 0.15) is 5.75 Å². The molecule has 5 rings (SSSR count). The fraction of sp³-hybridized carbons (Fsp3) is 0.214. The molecule has 1 aromatic heterocycles. The molecule has 0 saturated carbocycles. The van der Waals surface area contributed by atoms with Crippen molar-refractivity contribution in [3.8, 4) is 39.8 Å². The Morgan fingerprint density at radius 2 is 1.60 bits per heavy atom. The van der Waals surface area contributed by atoms with E-state index < -0.39 is 0 Å². The van der Waals surface area contributed by atoms with Gasteiger partial charge in [0, 0.05) is 24.2 Å². The highest BCUT2D eigenvalue weighted by atomic mass is 16.5. The number of amides is 1. The summed E-state index contributed by atoms with van der Waals surface area (Å²) < 4.78 is 16.2. The molecule has 7 heteroatoms. The molecule has 0 bridgehead atoms. The summed E-state index contributed by atoms with van der Waals surface area (Å²) >= 11 is 0. The fourth-order valence-electron chi connectivity index (χ4n) is 4.43. The molecular weight excluding hydrogens is 442 g/mol. The summed E-state index contributed by atoms with van der Waals surface area (Å²) in [5.74, 6) is 2.19. The number of benzene rings is 3. The molecule has 2 heterocycles. The van der Waals surface area contributed by atoms with E-state index in [9.17, 15) is 4.79 Å². The highest BCUT2D eigenvalue weighted by Crippen LogP contribution is 2.34. The van der Waals surface area contributed by atoms with E-state index in [1.165, 1.54) is 5.56 Å². The number of nitrogens with zero attached hydrogens (tertiary/aromatic N) is 2. The first kappa shape index (κ1) is 22.5. The third kappa shape index (κ3) is 4.45. The lowest BCUT2D eigenvalue weighted by atomic mass is 9.98. The highest BCUT2D eigenvalue weighted by molar-refractivity contribution is 5.95. The summed E-state index contributed by atoms with van der Waals surface area (Å²) in [6.45, 7) is 1.20. The molecule has 178 valence electrons. The van der Waals surface area contributed by atoms with Crippen molar-refractivity contribution >= 4 is 5.91 Å². The molecule has 0 atom stereocenters. The lowest BCUT2D eigenvalue weighted by molar-refractivity contribution is 0.0734. The number of rotatable bonds is 6. The Morgan fingerprint density at radius 3 is 2.31 bits per heavy atom. The van der Waals surface area contributed by atoms with E-state index in [2.05, 4.69) is 10.2 Å². The molecule has 1 amide bonds. The SMILES string of the molecule is COc1cccc(-c2cc(-c3ccc(C(=O)N4CCc5cc(OC)c(OC)cc5C4)cc3)[nH]n2)c1. The molecule has 0 saturated heterocycles. The minimum atomic E-state index is 0.0127. The van der Waals surface area contributed by atoms with Crippen LogP contribution in [0.25, 0.3) is 22.5 Å². The lowest BCUT2D eigenvalue weighted by Crippen LogP contribution is -2.36. The molecule has 4 aromatic rings. The average molecular weight is 470 g/mol. The van der Waals surface area contributed by atoms with Crippen LogP contribution in [0, 0.1) is 0 Å². The van der Waals surface area contributed by atoms with Gasteiger partial charge in [-0.3, -0.25) is 9.89 Å². The van der Waals surface area contributed by atoms with Gasteiger partial charge >= 0.3 is 0 Å². The van der Waals surface area contributed by atoms with Gasteiger partial charge in [-0.1, -0.05) is 24.3 Å². The maximum atomic E-state index is 13.2. The standard InChI is InChI=1S/C28H27N3O4/c1-33-23-6-4-5-21(13-23)25-16-24(29-30-25)18-7-9-19(10-8-18)28(32)31-12-11-20-14-26(34-2)27(35-3)15-22(20)17-31/h4-10,13-16H,11-12,17H2,1-3H3,(H,29,30). The number of hydrogen-bond donors (Lipinski definition) is 1. The molecule has 0 spiro atoms. The summed E-state index contributed by atoms with van der Waals surface area (Å²) in [4.78, 5) is 15.1. The number of aromatic nitrogens is 2. The van der Waals surface area contributed by atoms with E-state index in [1.54, 1.807) is 21.3 Å². The molecule has 1 aliphatic rings. The van der Waals surface area contributed by atoms with Crippen molar-refractivity contribution < 1.29 is 19.0 Å². The summed E-state index contributed by atoms with van der Waals surface area (Å²) in [6, 6.07) is 21.4. The van der Waals surface area contributed by atoms with Crippen molar-refractivity contribution in [3.05, 3.63) is 83.4 Å². The number of ether oxygens (including phenoxy) is 3. The van der Waals surface area contributed by atoms with Crippen LogP contribution in [0.4, 0.5) is 0 Å². The molecular formula is C28H27N3O4. The first-order valence-corrected chi connectivity index (χ1v) is 11.4. The Kier molecular flexibility index (Phi) is 6.14. The van der Waals surface area contributed by atoms with Crippen LogP contribution in [-0.2, 0) is 13.0 Å². The Labute approximate surface area is 204 Å². The fourth-order valence-corrected chi connectivity index (χ4v) is 4.43. The quantitative estimate of drug-likeness (QED) is 0.432. The van der Waals surface area contributed by atoms with Gasteiger partial charge in [0.25, 0.3) is 5.91 Å². The third-order valence-electron chi connectivity index (χ3n) is 6.39. The second-order valence-electron chi connectivity index (χ2n) is 8.43. The normalized spacial score (nSPS) is 12.7. The molecule has 0 radical (unpaired) electrons. The van der Waals surface area contributed by atoms with Crippen LogP contribution in [0.5, 0.6) is 17.2 Å². The Morgan fingerprint density at radius 1 is 0.857 bits per heavy atom. The predicted octanol–water partition coefficient (Wildman–Crippen LogP) is 4.97. The number of methoxy groups -OCH3 is 3. The van der Waals surface area contributed by atoms with Gasteiger partial charge in [-0.15, -0.1) is 0 Å².